The number of benzene rings is 1. The highest BCUT2D eigenvalue weighted by molar-refractivity contribution is 7.99. The normalized spacial score (nSPS) is 17.1. The summed E-state index contributed by atoms with van der Waals surface area (Å²) < 4.78 is 2.06. The number of para-hydroxylation sites is 2. The third-order valence-corrected chi connectivity index (χ3v) is 7.37. The molecule has 1 N–H and O–H groups in total. The Morgan fingerprint density at radius 2 is 2.19 bits per heavy atom. The molecule has 4 aromatic heterocycles. The van der Waals surface area contributed by atoms with Crippen LogP contribution in [0.5, 0.6) is 0 Å². The number of imidazole rings is 1. The Morgan fingerprint density at radius 1 is 1.26 bits per heavy atom. The molecule has 0 amide bonds. The first-order chi connectivity index (χ1) is 13.3. The van der Waals surface area contributed by atoms with Crippen molar-refractivity contribution in [1.29, 1.82) is 0 Å². The molecule has 0 saturated heterocycles. The summed E-state index contributed by atoms with van der Waals surface area (Å²) in [5.41, 5.74) is 3.46. The van der Waals surface area contributed by atoms with Crippen molar-refractivity contribution in [3.05, 3.63) is 41.0 Å². The fourth-order valence-corrected chi connectivity index (χ4v) is 6.30. The fraction of sp³-hybridized carbons (Fsp3) is 0.263. The molecule has 1 unspecified atom stereocenters. The van der Waals surface area contributed by atoms with Crippen molar-refractivity contribution < 1.29 is 0 Å². The highest BCUT2D eigenvalue weighted by atomic mass is 32.2. The lowest BCUT2D eigenvalue weighted by Gasteiger charge is -2.18. The van der Waals surface area contributed by atoms with Crippen molar-refractivity contribution in [3.63, 3.8) is 0 Å². The van der Waals surface area contributed by atoms with Gasteiger partial charge in [-0.05, 0) is 54.6 Å². The van der Waals surface area contributed by atoms with Crippen molar-refractivity contribution in [1.82, 2.24) is 29.5 Å². The molecule has 0 aliphatic heterocycles. The average Bonchev–Trinajstić information content (AvgIpc) is 3.33. The Bertz CT molecular complexity index is 1310. The summed E-state index contributed by atoms with van der Waals surface area (Å²) in [6, 6.07) is 8.11. The molecular weight excluding hydrogens is 376 g/mol. The zero-order valence-corrected chi connectivity index (χ0v) is 16.3. The Morgan fingerprint density at radius 3 is 3.15 bits per heavy atom. The fourth-order valence-electron chi connectivity index (χ4n) is 3.92. The summed E-state index contributed by atoms with van der Waals surface area (Å²) in [4.78, 5) is 16.4. The zero-order valence-electron chi connectivity index (χ0n) is 14.6. The summed E-state index contributed by atoms with van der Waals surface area (Å²) in [5.74, 6) is 1.50. The van der Waals surface area contributed by atoms with Gasteiger partial charge in [0.05, 0.1) is 11.0 Å². The van der Waals surface area contributed by atoms with Crippen LogP contribution in [0.4, 0.5) is 0 Å². The maximum Gasteiger partial charge on any atom is 0.231 e. The minimum Gasteiger partial charge on any atom is -0.254 e. The number of nitrogens with one attached hydrogen (secondary N) is 1. The van der Waals surface area contributed by atoms with E-state index in [4.69, 9.17) is 0 Å². The quantitative estimate of drug-likeness (QED) is 0.448. The van der Waals surface area contributed by atoms with Gasteiger partial charge in [-0.1, -0.05) is 19.1 Å². The molecule has 0 spiro atoms. The second-order valence-corrected chi connectivity index (χ2v) is 9.12. The van der Waals surface area contributed by atoms with Crippen LogP contribution in [0, 0.1) is 5.92 Å². The van der Waals surface area contributed by atoms with Crippen LogP contribution < -0.4 is 0 Å². The number of hydrogen-bond donors (Lipinski definition) is 1. The SMILES string of the molecule is CC1CCc2c(sc3ncnc(Sc4n[nH]c5nc6ccccc6n45)c23)C1. The van der Waals surface area contributed by atoms with E-state index in [1.807, 2.05) is 29.5 Å². The van der Waals surface area contributed by atoms with Gasteiger partial charge in [-0.2, -0.15) is 0 Å². The summed E-state index contributed by atoms with van der Waals surface area (Å²) in [6.45, 7) is 2.33. The molecule has 5 aromatic rings. The van der Waals surface area contributed by atoms with Gasteiger partial charge in [-0.25, -0.2) is 20.1 Å². The minimum atomic E-state index is 0.748. The third-order valence-electron chi connectivity index (χ3n) is 5.25. The van der Waals surface area contributed by atoms with Crippen LogP contribution >= 0.6 is 23.1 Å². The lowest BCUT2D eigenvalue weighted by Crippen LogP contribution is -2.08. The summed E-state index contributed by atoms with van der Waals surface area (Å²) >= 11 is 3.41. The van der Waals surface area contributed by atoms with E-state index < -0.39 is 0 Å². The number of H-pyrrole nitrogens is 1. The summed E-state index contributed by atoms with van der Waals surface area (Å²) in [6.07, 6.45) is 5.17. The number of aromatic nitrogens is 6. The van der Waals surface area contributed by atoms with Crippen LogP contribution in [-0.4, -0.2) is 29.5 Å². The number of hydrogen-bond acceptors (Lipinski definition) is 6. The number of aromatic amines is 1. The first-order valence-corrected chi connectivity index (χ1v) is 10.7. The Hall–Kier alpha value is -2.45. The van der Waals surface area contributed by atoms with E-state index in [1.165, 1.54) is 22.2 Å². The van der Waals surface area contributed by atoms with Gasteiger partial charge in [-0.15, -0.1) is 16.4 Å². The number of thiophene rings is 1. The molecule has 1 aliphatic rings. The number of aryl methyl sites for hydroxylation is 1. The van der Waals surface area contributed by atoms with E-state index in [0.29, 0.717) is 0 Å². The standard InChI is InChI=1S/C19H16N6S2/c1-10-6-7-11-14(8-10)26-16-15(11)17(21-9-20-16)27-19-24-23-18-22-12-4-2-3-5-13(12)25(18)19/h2-5,9-10H,6-8H2,1H3,(H,22,23). The number of rotatable bonds is 2. The Kier molecular flexibility index (Phi) is 3.33. The molecule has 0 saturated carbocycles. The van der Waals surface area contributed by atoms with Crippen molar-refractivity contribution >= 4 is 50.1 Å². The smallest absolute Gasteiger partial charge is 0.231 e. The van der Waals surface area contributed by atoms with Crippen molar-refractivity contribution in [3.8, 4) is 0 Å². The highest BCUT2D eigenvalue weighted by Gasteiger charge is 2.24. The molecule has 1 aromatic carbocycles. The minimum absolute atomic E-state index is 0.748. The van der Waals surface area contributed by atoms with Crippen LogP contribution in [0.2, 0.25) is 0 Å². The van der Waals surface area contributed by atoms with Gasteiger partial charge in [0.15, 0.2) is 0 Å². The number of fused-ring (bicyclic) bond motifs is 6. The predicted molar refractivity (Wildman–Crippen MR) is 108 cm³/mol. The van der Waals surface area contributed by atoms with E-state index in [9.17, 15) is 0 Å². The van der Waals surface area contributed by atoms with E-state index in [-0.39, 0.29) is 0 Å². The molecule has 0 radical (unpaired) electrons. The molecule has 8 heteroatoms. The molecule has 1 atom stereocenters. The molecule has 0 bridgehead atoms. The average molecular weight is 393 g/mol. The van der Waals surface area contributed by atoms with Gasteiger partial charge in [0.1, 0.15) is 16.2 Å². The lowest BCUT2D eigenvalue weighted by molar-refractivity contribution is 0.509. The molecule has 0 fully saturated rings. The van der Waals surface area contributed by atoms with Gasteiger partial charge in [0, 0.05) is 10.3 Å². The zero-order chi connectivity index (χ0) is 18.0. The van der Waals surface area contributed by atoms with Gasteiger partial charge in [0.2, 0.25) is 10.9 Å². The predicted octanol–water partition coefficient (Wildman–Crippen LogP) is 4.49. The van der Waals surface area contributed by atoms with E-state index >= 15 is 0 Å². The van der Waals surface area contributed by atoms with Crippen molar-refractivity contribution in [2.75, 3.05) is 0 Å². The maximum atomic E-state index is 4.62. The van der Waals surface area contributed by atoms with E-state index in [0.717, 1.165) is 50.6 Å². The maximum absolute atomic E-state index is 4.62. The molecule has 6 nitrogen and oxygen atoms in total. The van der Waals surface area contributed by atoms with Crippen LogP contribution in [0.1, 0.15) is 23.8 Å². The van der Waals surface area contributed by atoms with Gasteiger partial charge in [0.25, 0.3) is 0 Å². The van der Waals surface area contributed by atoms with Crippen LogP contribution in [0.3, 0.4) is 0 Å². The van der Waals surface area contributed by atoms with Crippen LogP contribution in [0.25, 0.3) is 27.0 Å². The highest BCUT2D eigenvalue weighted by Crippen LogP contribution is 2.42. The third kappa shape index (κ3) is 2.33. The van der Waals surface area contributed by atoms with Crippen molar-refractivity contribution in [2.45, 2.75) is 36.4 Å². The largest absolute Gasteiger partial charge is 0.254 e. The summed E-state index contributed by atoms with van der Waals surface area (Å²) in [5, 5.41) is 10.6. The molecule has 27 heavy (non-hydrogen) atoms. The second-order valence-electron chi connectivity index (χ2n) is 7.08. The van der Waals surface area contributed by atoms with Crippen molar-refractivity contribution in [2.24, 2.45) is 5.92 Å². The van der Waals surface area contributed by atoms with E-state index in [2.05, 4.69) is 42.5 Å². The van der Waals surface area contributed by atoms with Gasteiger partial charge >= 0.3 is 0 Å². The molecule has 1 aliphatic carbocycles. The second kappa shape index (κ2) is 5.77. The van der Waals surface area contributed by atoms with E-state index in [1.54, 1.807) is 18.1 Å². The number of nitrogens with zero attached hydrogens (tertiary/aromatic N) is 5. The van der Waals surface area contributed by atoms with Gasteiger partial charge in [-0.3, -0.25) is 4.40 Å². The van der Waals surface area contributed by atoms with Gasteiger partial charge < -0.3 is 0 Å². The van der Waals surface area contributed by atoms with Crippen LogP contribution in [-0.2, 0) is 12.8 Å². The Balaban J connectivity index is 1.52. The molecule has 6 rings (SSSR count). The monoisotopic (exact) mass is 392 g/mol. The molecular formula is C19H16N6S2. The summed E-state index contributed by atoms with van der Waals surface area (Å²) in [7, 11) is 0. The topological polar surface area (TPSA) is 71.8 Å². The van der Waals surface area contributed by atoms with Crippen LogP contribution in [0.15, 0.2) is 40.8 Å². The molecule has 4 heterocycles. The Labute approximate surface area is 163 Å². The lowest BCUT2D eigenvalue weighted by atomic mass is 9.89. The molecule has 134 valence electrons. The first kappa shape index (κ1) is 15.6. The first-order valence-electron chi connectivity index (χ1n) is 9.02.